The molecule has 0 saturated heterocycles. The molecule has 0 radical (unpaired) electrons. The van der Waals surface area contributed by atoms with Crippen LogP contribution in [0.3, 0.4) is 0 Å². The Bertz CT molecular complexity index is 405. The molecule has 1 aromatic heterocycles. The highest BCUT2D eigenvalue weighted by molar-refractivity contribution is 5.24. The largest absolute Gasteiger partial charge is 0.474 e. The molecule has 1 heterocycles. The second kappa shape index (κ2) is 5.70. The maximum Gasteiger partial charge on any atom is 0.214 e. The molecule has 1 aliphatic rings. The summed E-state index contributed by atoms with van der Waals surface area (Å²) in [5.41, 5.74) is 7.75. The highest BCUT2D eigenvalue weighted by atomic mass is 16.5. The molecule has 3 nitrogen and oxygen atoms in total. The second-order valence-corrected chi connectivity index (χ2v) is 5.67. The SMILES string of the molecule is Cc1cc(CN)cc(OC2CCC(C)C(C)C2)n1. The predicted molar refractivity (Wildman–Crippen MR) is 73.5 cm³/mol. The van der Waals surface area contributed by atoms with E-state index in [1.54, 1.807) is 0 Å². The van der Waals surface area contributed by atoms with Crippen molar-refractivity contribution in [3.8, 4) is 5.88 Å². The van der Waals surface area contributed by atoms with E-state index in [1.807, 2.05) is 19.1 Å². The van der Waals surface area contributed by atoms with Crippen LogP contribution in [0.1, 0.15) is 44.4 Å². The third kappa shape index (κ3) is 3.22. The lowest BCUT2D eigenvalue weighted by atomic mass is 9.80. The zero-order valence-electron chi connectivity index (χ0n) is 11.6. The van der Waals surface area contributed by atoms with Gasteiger partial charge in [0.1, 0.15) is 6.10 Å². The minimum absolute atomic E-state index is 0.316. The molecule has 1 fully saturated rings. The predicted octanol–water partition coefficient (Wildman–Crippen LogP) is 3.05. The third-order valence-electron chi connectivity index (χ3n) is 4.06. The number of nitrogens with two attached hydrogens (primary N) is 1. The summed E-state index contributed by atoms with van der Waals surface area (Å²) in [5.74, 6) is 2.29. The Labute approximate surface area is 110 Å². The molecule has 3 atom stereocenters. The van der Waals surface area contributed by atoms with Crippen molar-refractivity contribution in [3.05, 3.63) is 23.4 Å². The number of ether oxygens (including phenoxy) is 1. The first-order valence-electron chi connectivity index (χ1n) is 6.92. The summed E-state index contributed by atoms with van der Waals surface area (Å²) >= 11 is 0. The quantitative estimate of drug-likeness (QED) is 0.894. The summed E-state index contributed by atoms with van der Waals surface area (Å²) < 4.78 is 6.03. The van der Waals surface area contributed by atoms with Gasteiger partial charge in [0.2, 0.25) is 5.88 Å². The molecular weight excluding hydrogens is 224 g/mol. The Hall–Kier alpha value is -1.09. The zero-order chi connectivity index (χ0) is 13.1. The highest BCUT2D eigenvalue weighted by Gasteiger charge is 2.26. The average Bonchev–Trinajstić information content (AvgIpc) is 2.33. The van der Waals surface area contributed by atoms with Crippen LogP contribution in [0.2, 0.25) is 0 Å². The van der Waals surface area contributed by atoms with Gasteiger partial charge in [0.25, 0.3) is 0 Å². The maximum atomic E-state index is 6.03. The summed E-state index contributed by atoms with van der Waals surface area (Å²) in [6.45, 7) is 7.17. The average molecular weight is 248 g/mol. The van der Waals surface area contributed by atoms with E-state index >= 15 is 0 Å². The van der Waals surface area contributed by atoms with Gasteiger partial charge in [0.05, 0.1) is 0 Å². The van der Waals surface area contributed by atoms with E-state index in [1.165, 1.54) is 6.42 Å². The number of rotatable bonds is 3. The lowest BCUT2D eigenvalue weighted by Crippen LogP contribution is -2.29. The van der Waals surface area contributed by atoms with Crippen LogP contribution in [0.5, 0.6) is 5.88 Å². The van der Waals surface area contributed by atoms with Gasteiger partial charge >= 0.3 is 0 Å². The van der Waals surface area contributed by atoms with Crippen LogP contribution in [0, 0.1) is 18.8 Å². The Morgan fingerprint density at radius 2 is 2.06 bits per heavy atom. The topological polar surface area (TPSA) is 48.1 Å². The molecule has 18 heavy (non-hydrogen) atoms. The lowest BCUT2D eigenvalue weighted by Gasteiger charge is -2.32. The molecule has 3 heteroatoms. The fourth-order valence-corrected chi connectivity index (χ4v) is 2.66. The smallest absolute Gasteiger partial charge is 0.214 e. The first-order chi connectivity index (χ1) is 8.58. The van der Waals surface area contributed by atoms with Crippen LogP contribution in [-0.4, -0.2) is 11.1 Å². The van der Waals surface area contributed by atoms with Crippen molar-refractivity contribution < 1.29 is 4.74 Å². The van der Waals surface area contributed by atoms with Crippen molar-refractivity contribution >= 4 is 0 Å². The van der Waals surface area contributed by atoms with Crippen molar-refractivity contribution in [2.75, 3.05) is 0 Å². The molecule has 2 N–H and O–H groups in total. The summed E-state index contributed by atoms with van der Waals surface area (Å²) in [6.07, 6.45) is 3.84. The van der Waals surface area contributed by atoms with Crippen LogP contribution in [-0.2, 0) is 6.54 Å². The van der Waals surface area contributed by atoms with E-state index in [-0.39, 0.29) is 0 Å². The third-order valence-corrected chi connectivity index (χ3v) is 4.06. The molecule has 1 saturated carbocycles. The highest BCUT2D eigenvalue weighted by Crippen LogP contribution is 2.31. The summed E-state index contributed by atoms with van der Waals surface area (Å²) in [7, 11) is 0. The van der Waals surface area contributed by atoms with E-state index in [4.69, 9.17) is 10.5 Å². The van der Waals surface area contributed by atoms with Crippen LogP contribution in [0.25, 0.3) is 0 Å². The molecule has 3 unspecified atom stereocenters. The number of pyridine rings is 1. The van der Waals surface area contributed by atoms with Gasteiger partial charge in [0, 0.05) is 18.3 Å². The zero-order valence-corrected chi connectivity index (χ0v) is 11.6. The van der Waals surface area contributed by atoms with Gasteiger partial charge < -0.3 is 10.5 Å². The van der Waals surface area contributed by atoms with Gasteiger partial charge in [0.15, 0.2) is 0 Å². The number of hydrogen-bond donors (Lipinski definition) is 1. The van der Waals surface area contributed by atoms with Gasteiger partial charge in [-0.05, 0) is 49.7 Å². The van der Waals surface area contributed by atoms with Crippen molar-refractivity contribution in [3.63, 3.8) is 0 Å². The van der Waals surface area contributed by atoms with Crippen molar-refractivity contribution in [2.24, 2.45) is 17.6 Å². The van der Waals surface area contributed by atoms with E-state index in [2.05, 4.69) is 18.8 Å². The van der Waals surface area contributed by atoms with E-state index in [0.717, 1.165) is 41.8 Å². The Kier molecular flexibility index (Phi) is 4.23. The van der Waals surface area contributed by atoms with Crippen molar-refractivity contribution in [1.29, 1.82) is 0 Å². The van der Waals surface area contributed by atoms with Crippen molar-refractivity contribution in [1.82, 2.24) is 4.98 Å². The molecule has 0 aromatic carbocycles. The second-order valence-electron chi connectivity index (χ2n) is 5.67. The molecular formula is C15H24N2O. The number of hydrogen-bond acceptors (Lipinski definition) is 3. The minimum Gasteiger partial charge on any atom is -0.474 e. The van der Waals surface area contributed by atoms with Gasteiger partial charge in [-0.3, -0.25) is 0 Å². The molecule has 0 amide bonds. The monoisotopic (exact) mass is 248 g/mol. The summed E-state index contributed by atoms with van der Waals surface area (Å²) in [5, 5.41) is 0. The van der Waals surface area contributed by atoms with Crippen LogP contribution >= 0.6 is 0 Å². The van der Waals surface area contributed by atoms with Crippen LogP contribution < -0.4 is 10.5 Å². The first kappa shape index (κ1) is 13.3. The number of aromatic nitrogens is 1. The normalized spacial score (nSPS) is 28.1. The molecule has 0 spiro atoms. The standard InChI is InChI=1S/C15H24N2O/c1-10-4-5-14(6-11(10)2)18-15-8-13(9-16)7-12(3)17-15/h7-8,10-11,14H,4-6,9,16H2,1-3H3. The Morgan fingerprint density at radius 1 is 1.28 bits per heavy atom. The summed E-state index contributed by atoms with van der Waals surface area (Å²) in [4.78, 5) is 4.44. The van der Waals surface area contributed by atoms with E-state index in [9.17, 15) is 0 Å². The molecule has 100 valence electrons. The molecule has 1 aromatic rings. The number of aryl methyl sites for hydroxylation is 1. The lowest BCUT2D eigenvalue weighted by molar-refractivity contribution is 0.0962. The van der Waals surface area contributed by atoms with Gasteiger partial charge in [-0.15, -0.1) is 0 Å². The van der Waals surface area contributed by atoms with Crippen molar-refractivity contribution in [2.45, 2.75) is 52.7 Å². The van der Waals surface area contributed by atoms with Gasteiger partial charge in [-0.2, -0.15) is 0 Å². The maximum absolute atomic E-state index is 6.03. The van der Waals surface area contributed by atoms with Gasteiger partial charge in [-0.25, -0.2) is 4.98 Å². The van der Waals surface area contributed by atoms with Gasteiger partial charge in [-0.1, -0.05) is 13.8 Å². The van der Waals surface area contributed by atoms with E-state index < -0.39 is 0 Å². The fraction of sp³-hybridized carbons (Fsp3) is 0.667. The summed E-state index contributed by atoms with van der Waals surface area (Å²) in [6, 6.07) is 3.98. The molecule has 0 aliphatic heterocycles. The fourth-order valence-electron chi connectivity index (χ4n) is 2.66. The van der Waals surface area contributed by atoms with E-state index in [0.29, 0.717) is 12.6 Å². The molecule has 0 bridgehead atoms. The first-order valence-corrected chi connectivity index (χ1v) is 6.92. The molecule has 1 aliphatic carbocycles. The molecule has 2 rings (SSSR count). The number of nitrogens with zero attached hydrogens (tertiary/aromatic N) is 1. The van der Waals surface area contributed by atoms with Crippen LogP contribution in [0.4, 0.5) is 0 Å². The Balaban J connectivity index is 2.03. The Morgan fingerprint density at radius 3 is 2.72 bits per heavy atom. The minimum atomic E-state index is 0.316. The van der Waals surface area contributed by atoms with Crippen LogP contribution in [0.15, 0.2) is 12.1 Å².